The quantitative estimate of drug-likeness (QED) is 0.523. The predicted octanol–water partition coefficient (Wildman–Crippen LogP) is 7.52. The number of fused-ring (bicyclic) bond motifs is 1. The number of nitrogens with one attached hydrogen (secondary N) is 1. The molecule has 3 nitrogen and oxygen atoms in total. The van der Waals surface area contributed by atoms with Gasteiger partial charge in [0.15, 0.2) is 0 Å². The summed E-state index contributed by atoms with van der Waals surface area (Å²) in [7, 11) is 0. The smallest absolute Gasteiger partial charge is 0.0962 e. The highest BCUT2D eigenvalue weighted by Gasteiger charge is 2.30. The summed E-state index contributed by atoms with van der Waals surface area (Å²) in [6.45, 7) is 22.8. The van der Waals surface area contributed by atoms with Gasteiger partial charge in [-0.25, -0.2) is 0 Å². The molecular formula is C29H44N2O. The molecule has 1 aliphatic carbocycles. The monoisotopic (exact) mass is 436 g/mol. The third-order valence-electron chi connectivity index (χ3n) is 6.70. The largest absolute Gasteiger partial charge is 0.387 e. The van der Waals surface area contributed by atoms with Gasteiger partial charge in [-0.05, 0) is 70.8 Å². The van der Waals surface area contributed by atoms with Gasteiger partial charge in [0, 0.05) is 5.69 Å². The lowest BCUT2D eigenvalue weighted by Crippen LogP contribution is -2.25. The normalized spacial score (nSPS) is 18.3. The van der Waals surface area contributed by atoms with E-state index in [2.05, 4.69) is 98.8 Å². The van der Waals surface area contributed by atoms with Crippen molar-refractivity contribution in [3.63, 3.8) is 0 Å². The Hall–Kier alpha value is -1.87. The summed E-state index contributed by atoms with van der Waals surface area (Å²) in [4.78, 5) is 4.92. The summed E-state index contributed by atoms with van der Waals surface area (Å²) >= 11 is 0. The van der Waals surface area contributed by atoms with Gasteiger partial charge >= 0.3 is 0 Å². The minimum atomic E-state index is -0.438. The molecule has 0 fully saturated rings. The summed E-state index contributed by atoms with van der Waals surface area (Å²) in [5.74, 6) is 0. The minimum absolute atomic E-state index is 0.00277. The second-order valence-corrected chi connectivity index (χ2v) is 12.8. The highest BCUT2D eigenvalue weighted by molar-refractivity contribution is 5.65. The van der Waals surface area contributed by atoms with Gasteiger partial charge < -0.3 is 10.4 Å². The van der Waals surface area contributed by atoms with Crippen molar-refractivity contribution in [3.8, 4) is 0 Å². The van der Waals surface area contributed by atoms with Crippen molar-refractivity contribution in [1.29, 1.82) is 0 Å². The molecule has 0 aliphatic heterocycles. The molecule has 1 heterocycles. The van der Waals surface area contributed by atoms with Crippen molar-refractivity contribution in [2.45, 2.75) is 117 Å². The van der Waals surface area contributed by atoms with Crippen molar-refractivity contribution in [2.75, 3.05) is 5.32 Å². The Bertz CT molecular complexity index is 935. The zero-order chi connectivity index (χ0) is 24.1. The van der Waals surface area contributed by atoms with Crippen molar-refractivity contribution in [2.24, 2.45) is 0 Å². The number of aryl methyl sites for hydroxylation is 1. The van der Waals surface area contributed by atoms with E-state index in [0.717, 1.165) is 30.7 Å². The van der Waals surface area contributed by atoms with Gasteiger partial charge in [0.25, 0.3) is 0 Å². The van der Waals surface area contributed by atoms with Crippen molar-refractivity contribution in [1.82, 2.24) is 4.98 Å². The summed E-state index contributed by atoms with van der Waals surface area (Å²) in [5, 5.41) is 14.3. The molecule has 176 valence electrons. The van der Waals surface area contributed by atoms with Crippen LogP contribution in [0.25, 0.3) is 0 Å². The van der Waals surface area contributed by atoms with Crippen LogP contribution in [0.15, 0.2) is 24.3 Å². The SMILES string of the molecule is CC(Nc1c(C(C)(C)C)cc(C(C)(C)C)cc1C(C)(C)C)c1ccc2c(n1)C(O)CCC2. The zero-order valence-corrected chi connectivity index (χ0v) is 22.0. The third-order valence-corrected chi connectivity index (χ3v) is 6.70. The minimum Gasteiger partial charge on any atom is -0.387 e. The number of hydrogen-bond acceptors (Lipinski definition) is 3. The Morgan fingerprint density at radius 2 is 1.47 bits per heavy atom. The number of benzene rings is 1. The zero-order valence-electron chi connectivity index (χ0n) is 22.0. The van der Waals surface area contributed by atoms with Crippen LogP contribution < -0.4 is 5.32 Å². The van der Waals surface area contributed by atoms with E-state index in [4.69, 9.17) is 4.98 Å². The van der Waals surface area contributed by atoms with Gasteiger partial charge in [-0.15, -0.1) is 0 Å². The molecule has 1 aliphatic rings. The van der Waals surface area contributed by atoms with Crippen molar-refractivity contribution >= 4 is 5.69 Å². The van der Waals surface area contributed by atoms with Gasteiger partial charge in [-0.1, -0.05) is 80.5 Å². The Morgan fingerprint density at radius 1 is 0.906 bits per heavy atom. The lowest BCUT2D eigenvalue weighted by atomic mass is 9.74. The second-order valence-electron chi connectivity index (χ2n) is 12.8. The first-order chi connectivity index (χ1) is 14.6. The van der Waals surface area contributed by atoms with Crippen molar-refractivity contribution in [3.05, 3.63) is 57.9 Å². The number of anilines is 1. The fourth-order valence-corrected chi connectivity index (χ4v) is 4.59. The number of aliphatic hydroxyl groups excluding tert-OH is 1. The fraction of sp³-hybridized carbons (Fsp3) is 0.621. The number of pyridine rings is 1. The van der Waals surface area contributed by atoms with E-state index in [-0.39, 0.29) is 22.3 Å². The highest BCUT2D eigenvalue weighted by atomic mass is 16.3. The fourth-order valence-electron chi connectivity index (χ4n) is 4.59. The molecule has 1 aromatic carbocycles. The summed E-state index contributed by atoms with van der Waals surface area (Å²) in [5.41, 5.74) is 8.44. The lowest BCUT2D eigenvalue weighted by Gasteiger charge is -2.35. The number of hydrogen-bond donors (Lipinski definition) is 2. The van der Waals surface area contributed by atoms with Crippen LogP contribution in [-0.2, 0) is 22.7 Å². The maximum Gasteiger partial charge on any atom is 0.0962 e. The average molecular weight is 437 g/mol. The summed E-state index contributed by atoms with van der Waals surface area (Å²) in [6.07, 6.45) is 2.42. The van der Waals surface area contributed by atoms with Crippen molar-refractivity contribution < 1.29 is 5.11 Å². The second kappa shape index (κ2) is 8.48. The molecule has 32 heavy (non-hydrogen) atoms. The van der Waals surface area contributed by atoms with Gasteiger partial charge in [-0.3, -0.25) is 4.98 Å². The molecule has 3 heteroatoms. The third kappa shape index (κ3) is 5.20. The van der Waals surface area contributed by atoms with Crippen LogP contribution in [0.1, 0.15) is 128 Å². The van der Waals surface area contributed by atoms with Crippen LogP contribution >= 0.6 is 0 Å². The van der Waals surface area contributed by atoms with Crippen LogP contribution in [-0.4, -0.2) is 10.1 Å². The van der Waals surface area contributed by atoms with E-state index in [1.807, 2.05) is 0 Å². The van der Waals surface area contributed by atoms with E-state index in [0.29, 0.717) is 0 Å². The van der Waals surface area contributed by atoms with E-state index in [9.17, 15) is 5.11 Å². The first-order valence-electron chi connectivity index (χ1n) is 12.2. The van der Waals surface area contributed by atoms with Gasteiger partial charge in [0.05, 0.1) is 23.5 Å². The molecule has 0 radical (unpaired) electrons. The van der Waals surface area contributed by atoms with Gasteiger partial charge in [-0.2, -0.15) is 0 Å². The summed E-state index contributed by atoms with van der Waals surface area (Å²) < 4.78 is 0. The van der Waals surface area contributed by atoms with Crippen LogP contribution in [0, 0.1) is 0 Å². The standard InChI is InChI=1S/C29H44N2O/c1-18(23-15-14-19-12-11-13-24(32)25(19)31-23)30-26-21(28(5,6)7)16-20(27(2,3)4)17-22(26)29(8,9)10/h14-18,24,30,32H,11-13H2,1-10H3. The number of aromatic nitrogens is 1. The predicted molar refractivity (Wildman–Crippen MR) is 137 cm³/mol. The van der Waals surface area contributed by atoms with E-state index >= 15 is 0 Å². The maximum atomic E-state index is 10.5. The molecule has 2 atom stereocenters. The molecule has 0 saturated heterocycles. The molecule has 0 spiro atoms. The van der Waals surface area contributed by atoms with Crippen LogP contribution in [0.2, 0.25) is 0 Å². The van der Waals surface area contributed by atoms with Crippen LogP contribution in [0.4, 0.5) is 5.69 Å². The molecular weight excluding hydrogens is 392 g/mol. The molecule has 2 aromatic rings. The Kier molecular flexibility index (Phi) is 6.56. The number of rotatable bonds is 3. The Labute approximate surface area is 196 Å². The lowest BCUT2D eigenvalue weighted by molar-refractivity contribution is 0.151. The average Bonchev–Trinajstić information content (AvgIpc) is 2.65. The molecule has 0 bridgehead atoms. The topological polar surface area (TPSA) is 45.2 Å². The first-order valence-corrected chi connectivity index (χ1v) is 12.2. The number of nitrogens with zero attached hydrogens (tertiary/aromatic N) is 1. The molecule has 3 rings (SSSR count). The maximum absolute atomic E-state index is 10.5. The summed E-state index contributed by atoms with van der Waals surface area (Å²) in [6, 6.07) is 9.13. The first kappa shape index (κ1) is 24.8. The van der Waals surface area contributed by atoms with E-state index in [1.54, 1.807) is 0 Å². The van der Waals surface area contributed by atoms with E-state index < -0.39 is 6.10 Å². The molecule has 0 amide bonds. The molecule has 2 N–H and O–H groups in total. The Balaban J connectivity index is 2.11. The highest BCUT2D eigenvalue weighted by Crippen LogP contribution is 2.42. The molecule has 0 saturated carbocycles. The molecule has 1 aromatic heterocycles. The molecule has 2 unspecified atom stereocenters. The Morgan fingerprint density at radius 3 is 1.97 bits per heavy atom. The van der Waals surface area contributed by atoms with E-state index in [1.165, 1.54) is 27.9 Å². The number of aliphatic hydroxyl groups is 1. The van der Waals surface area contributed by atoms with Gasteiger partial charge in [0.1, 0.15) is 0 Å². The van der Waals surface area contributed by atoms with Gasteiger partial charge in [0.2, 0.25) is 0 Å². The van der Waals surface area contributed by atoms with Crippen LogP contribution in [0.3, 0.4) is 0 Å². The van der Waals surface area contributed by atoms with Crippen LogP contribution in [0.5, 0.6) is 0 Å².